The number of anilines is 1. The predicted molar refractivity (Wildman–Crippen MR) is 88.4 cm³/mol. The van der Waals surface area contributed by atoms with Crippen LogP contribution in [0.2, 0.25) is 0 Å². The molecule has 0 amide bonds. The van der Waals surface area contributed by atoms with Crippen molar-refractivity contribution in [2.75, 3.05) is 12.4 Å². The van der Waals surface area contributed by atoms with E-state index in [0.717, 1.165) is 16.9 Å². The van der Waals surface area contributed by atoms with Crippen LogP contribution in [0.3, 0.4) is 0 Å². The van der Waals surface area contributed by atoms with E-state index in [9.17, 15) is 9.50 Å². The molecule has 0 bridgehead atoms. The Morgan fingerprint density at radius 2 is 2.04 bits per heavy atom. The number of pyridine rings is 1. The Morgan fingerprint density at radius 1 is 1.22 bits per heavy atom. The van der Waals surface area contributed by atoms with E-state index in [0.29, 0.717) is 23.2 Å². The number of aryl methyl sites for hydroxylation is 1. The summed E-state index contributed by atoms with van der Waals surface area (Å²) in [6, 6.07) is 11.7. The zero-order chi connectivity index (χ0) is 16.4. The van der Waals surface area contributed by atoms with Gasteiger partial charge in [0, 0.05) is 28.9 Å². The zero-order valence-electron chi connectivity index (χ0n) is 12.9. The van der Waals surface area contributed by atoms with Crippen molar-refractivity contribution in [2.24, 2.45) is 0 Å². The Balaban J connectivity index is 1.94. The van der Waals surface area contributed by atoms with E-state index in [1.807, 2.05) is 25.1 Å². The third-order valence-electron chi connectivity index (χ3n) is 3.67. The Kier molecular flexibility index (Phi) is 4.02. The summed E-state index contributed by atoms with van der Waals surface area (Å²) in [6.07, 6.45) is 0. The third kappa shape index (κ3) is 3.04. The summed E-state index contributed by atoms with van der Waals surface area (Å²) in [7, 11) is 1.51. The molecule has 0 spiro atoms. The molecule has 0 aliphatic rings. The lowest BCUT2D eigenvalue weighted by molar-refractivity contribution is 0.371. The Morgan fingerprint density at radius 3 is 2.83 bits per heavy atom. The predicted octanol–water partition coefficient (Wildman–Crippen LogP) is 4.01. The first-order valence-electron chi connectivity index (χ1n) is 7.24. The molecular weight excluding hydrogens is 295 g/mol. The van der Waals surface area contributed by atoms with Crippen LogP contribution in [-0.4, -0.2) is 17.2 Å². The first-order valence-corrected chi connectivity index (χ1v) is 7.24. The largest absolute Gasteiger partial charge is 0.504 e. The van der Waals surface area contributed by atoms with Crippen LogP contribution in [-0.2, 0) is 6.54 Å². The number of benzene rings is 2. The summed E-state index contributed by atoms with van der Waals surface area (Å²) in [5.74, 6) is 0.213. The van der Waals surface area contributed by atoms with Gasteiger partial charge in [-0.25, -0.2) is 4.39 Å². The highest BCUT2D eigenvalue weighted by Gasteiger charge is 2.09. The van der Waals surface area contributed by atoms with Crippen LogP contribution in [0.25, 0.3) is 10.9 Å². The van der Waals surface area contributed by atoms with Crippen LogP contribution in [0.5, 0.6) is 11.5 Å². The number of nitrogens with zero attached hydrogens (tertiary/aromatic N) is 1. The van der Waals surface area contributed by atoms with Gasteiger partial charge in [0.05, 0.1) is 12.6 Å². The highest BCUT2D eigenvalue weighted by Crippen LogP contribution is 2.31. The summed E-state index contributed by atoms with van der Waals surface area (Å²) in [4.78, 5) is 4.40. The van der Waals surface area contributed by atoms with E-state index in [1.54, 1.807) is 12.1 Å². The molecule has 1 heterocycles. The average molecular weight is 312 g/mol. The molecule has 0 aliphatic carbocycles. The van der Waals surface area contributed by atoms with Gasteiger partial charge in [-0.3, -0.25) is 4.98 Å². The summed E-state index contributed by atoms with van der Waals surface area (Å²) in [5, 5.41) is 14.1. The first kappa shape index (κ1) is 15.1. The lowest BCUT2D eigenvalue weighted by Gasteiger charge is -2.13. The molecule has 1 aromatic heterocycles. The van der Waals surface area contributed by atoms with Crippen molar-refractivity contribution in [3.05, 3.63) is 59.5 Å². The van der Waals surface area contributed by atoms with Gasteiger partial charge in [0.25, 0.3) is 0 Å². The van der Waals surface area contributed by atoms with Crippen LogP contribution in [0, 0.1) is 12.7 Å². The molecule has 2 aromatic carbocycles. The smallest absolute Gasteiger partial charge is 0.162 e. The van der Waals surface area contributed by atoms with Crippen molar-refractivity contribution in [1.82, 2.24) is 4.98 Å². The fraction of sp³-hybridized carbons (Fsp3) is 0.167. The second-order valence-electron chi connectivity index (χ2n) is 5.29. The van der Waals surface area contributed by atoms with E-state index >= 15 is 0 Å². The molecule has 2 N–H and O–H groups in total. The Labute approximate surface area is 133 Å². The van der Waals surface area contributed by atoms with Crippen LogP contribution in [0.15, 0.2) is 42.5 Å². The number of phenolic OH excluding ortho intramolecular Hbond substituents is 1. The fourth-order valence-corrected chi connectivity index (χ4v) is 2.54. The van der Waals surface area contributed by atoms with Crippen molar-refractivity contribution in [3.63, 3.8) is 0 Å². The second kappa shape index (κ2) is 6.12. The normalized spacial score (nSPS) is 10.7. The van der Waals surface area contributed by atoms with Gasteiger partial charge >= 0.3 is 0 Å². The standard InChI is InChI=1S/C18H17FN2O2/c1-11-8-16(14-9-13(19)6-7-15(14)21-11)20-10-12-4-3-5-17(23-2)18(12)22/h3-9,22H,10H2,1-2H3,(H,20,21). The van der Waals surface area contributed by atoms with Crippen LogP contribution in [0.1, 0.15) is 11.3 Å². The minimum absolute atomic E-state index is 0.101. The molecule has 0 fully saturated rings. The number of phenols is 1. The quantitative estimate of drug-likeness (QED) is 0.764. The van der Waals surface area contributed by atoms with E-state index in [-0.39, 0.29) is 11.6 Å². The lowest BCUT2D eigenvalue weighted by Crippen LogP contribution is -2.02. The van der Waals surface area contributed by atoms with Gasteiger partial charge in [0.15, 0.2) is 11.5 Å². The maximum atomic E-state index is 13.5. The highest BCUT2D eigenvalue weighted by atomic mass is 19.1. The van der Waals surface area contributed by atoms with E-state index in [1.165, 1.54) is 19.2 Å². The molecule has 23 heavy (non-hydrogen) atoms. The number of nitrogens with one attached hydrogen (secondary N) is 1. The number of hydrogen-bond donors (Lipinski definition) is 2. The molecule has 4 nitrogen and oxygen atoms in total. The number of para-hydroxylation sites is 1. The van der Waals surface area contributed by atoms with Gasteiger partial charge < -0.3 is 15.2 Å². The van der Waals surface area contributed by atoms with Crippen molar-refractivity contribution < 1.29 is 14.2 Å². The minimum atomic E-state index is -0.310. The van der Waals surface area contributed by atoms with E-state index < -0.39 is 0 Å². The zero-order valence-corrected chi connectivity index (χ0v) is 12.9. The van der Waals surface area contributed by atoms with Crippen molar-refractivity contribution in [2.45, 2.75) is 13.5 Å². The number of aromatic hydroxyl groups is 1. The minimum Gasteiger partial charge on any atom is -0.504 e. The average Bonchev–Trinajstić information content (AvgIpc) is 2.54. The second-order valence-corrected chi connectivity index (χ2v) is 5.29. The Bertz CT molecular complexity index is 865. The summed E-state index contributed by atoms with van der Waals surface area (Å²) < 4.78 is 18.6. The molecule has 5 heteroatoms. The lowest BCUT2D eigenvalue weighted by atomic mass is 10.1. The molecule has 118 valence electrons. The van der Waals surface area contributed by atoms with Gasteiger partial charge in [-0.2, -0.15) is 0 Å². The molecule has 0 saturated carbocycles. The maximum Gasteiger partial charge on any atom is 0.162 e. The molecule has 0 saturated heterocycles. The Hall–Kier alpha value is -2.82. The molecule has 0 unspecified atom stereocenters. The first-order chi connectivity index (χ1) is 11.1. The molecule has 3 aromatic rings. The molecule has 0 aliphatic heterocycles. The van der Waals surface area contributed by atoms with Gasteiger partial charge in [0.1, 0.15) is 5.82 Å². The topological polar surface area (TPSA) is 54.4 Å². The summed E-state index contributed by atoms with van der Waals surface area (Å²) in [6.45, 7) is 2.27. The number of ether oxygens (including phenoxy) is 1. The van der Waals surface area contributed by atoms with Gasteiger partial charge in [0.2, 0.25) is 0 Å². The highest BCUT2D eigenvalue weighted by molar-refractivity contribution is 5.91. The number of methoxy groups -OCH3 is 1. The van der Waals surface area contributed by atoms with Crippen LogP contribution >= 0.6 is 0 Å². The van der Waals surface area contributed by atoms with Crippen molar-refractivity contribution in [3.8, 4) is 11.5 Å². The van der Waals surface area contributed by atoms with Gasteiger partial charge in [-0.15, -0.1) is 0 Å². The molecule has 3 rings (SSSR count). The van der Waals surface area contributed by atoms with Crippen molar-refractivity contribution in [1.29, 1.82) is 0 Å². The number of halogens is 1. The van der Waals surface area contributed by atoms with E-state index in [2.05, 4.69) is 10.3 Å². The monoisotopic (exact) mass is 312 g/mol. The molecular formula is C18H17FN2O2. The molecule has 0 atom stereocenters. The number of aromatic nitrogens is 1. The molecule has 0 radical (unpaired) electrons. The van der Waals surface area contributed by atoms with Crippen LogP contribution < -0.4 is 10.1 Å². The fourth-order valence-electron chi connectivity index (χ4n) is 2.54. The van der Waals surface area contributed by atoms with Crippen molar-refractivity contribution >= 4 is 16.6 Å². The maximum absolute atomic E-state index is 13.5. The summed E-state index contributed by atoms with van der Waals surface area (Å²) in [5.41, 5.74) is 3.03. The summed E-state index contributed by atoms with van der Waals surface area (Å²) >= 11 is 0. The number of fused-ring (bicyclic) bond motifs is 1. The number of hydrogen-bond acceptors (Lipinski definition) is 4. The van der Waals surface area contributed by atoms with Crippen LogP contribution in [0.4, 0.5) is 10.1 Å². The van der Waals surface area contributed by atoms with Gasteiger partial charge in [-0.1, -0.05) is 12.1 Å². The SMILES string of the molecule is COc1cccc(CNc2cc(C)nc3ccc(F)cc23)c1O. The van der Waals surface area contributed by atoms with Gasteiger partial charge in [-0.05, 0) is 37.3 Å². The third-order valence-corrected chi connectivity index (χ3v) is 3.67. The number of rotatable bonds is 4. The van der Waals surface area contributed by atoms with E-state index in [4.69, 9.17) is 4.74 Å².